The summed E-state index contributed by atoms with van der Waals surface area (Å²) in [5, 5.41) is 15.6. The summed E-state index contributed by atoms with van der Waals surface area (Å²) in [6, 6.07) is 6.30. The van der Waals surface area contributed by atoms with Crippen molar-refractivity contribution in [2.45, 2.75) is 37.5 Å². The van der Waals surface area contributed by atoms with Gasteiger partial charge in [-0.2, -0.15) is 13.9 Å². The lowest BCUT2D eigenvalue weighted by Gasteiger charge is -2.44. The van der Waals surface area contributed by atoms with Crippen molar-refractivity contribution in [3.05, 3.63) is 72.3 Å². The van der Waals surface area contributed by atoms with Gasteiger partial charge in [0.1, 0.15) is 35.6 Å². The lowest BCUT2D eigenvalue weighted by atomic mass is 9.85. The van der Waals surface area contributed by atoms with E-state index in [1.54, 1.807) is 0 Å². The highest BCUT2D eigenvalue weighted by Gasteiger charge is 2.47. The highest BCUT2D eigenvalue weighted by atomic mass is 19.3. The molecule has 2 heterocycles. The van der Waals surface area contributed by atoms with Crippen LogP contribution in [0.25, 0.3) is 0 Å². The maximum atomic E-state index is 14.8. The van der Waals surface area contributed by atoms with Crippen molar-refractivity contribution < 1.29 is 45.8 Å². The van der Waals surface area contributed by atoms with E-state index in [0.29, 0.717) is 6.07 Å². The lowest BCUT2D eigenvalue weighted by molar-refractivity contribution is -0.154. The molecule has 4 rings (SSSR count). The Hall–Kier alpha value is -4.14. The van der Waals surface area contributed by atoms with Crippen LogP contribution in [-0.4, -0.2) is 74.7 Å². The second-order valence-corrected chi connectivity index (χ2v) is 9.12. The summed E-state index contributed by atoms with van der Waals surface area (Å²) in [6.45, 7) is -0.701. The van der Waals surface area contributed by atoms with Gasteiger partial charge in [0.15, 0.2) is 6.61 Å². The number of hydrogen-bond donors (Lipinski definition) is 1. The Kier molecular flexibility index (Phi) is 8.05. The van der Waals surface area contributed by atoms with Crippen LogP contribution in [0, 0.1) is 11.6 Å². The van der Waals surface area contributed by atoms with Gasteiger partial charge in [-0.1, -0.05) is 6.07 Å². The van der Waals surface area contributed by atoms with E-state index in [9.17, 15) is 41.0 Å². The van der Waals surface area contributed by atoms with Crippen LogP contribution in [0.1, 0.15) is 12.5 Å². The SMILES string of the molecule is C[C@@H](N1CCN(c2ccc(OCC(F)(F)C(F)F)cc2)C(=O)C1=O)[C@](O)(Cn1cncn1)c1ccc(F)cc1F. The van der Waals surface area contributed by atoms with E-state index in [4.69, 9.17) is 4.74 Å². The number of benzene rings is 2. The van der Waals surface area contributed by atoms with Gasteiger partial charge >= 0.3 is 24.2 Å². The number of hydrogen-bond acceptors (Lipinski definition) is 6. The van der Waals surface area contributed by atoms with Gasteiger partial charge in [0.25, 0.3) is 0 Å². The Morgan fingerprint density at radius 2 is 1.75 bits per heavy atom. The van der Waals surface area contributed by atoms with Gasteiger partial charge in [-0.25, -0.2) is 27.2 Å². The smallest absolute Gasteiger partial charge is 0.340 e. The predicted octanol–water partition coefficient (Wildman–Crippen LogP) is 2.99. The Bertz CT molecular complexity index is 1360. The number of rotatable bonds is 10. The normalized spacial score (nSPS) is 16.8. The van der Waals surface area contributed by atoms with Gasteiger partial charge in [0.2, 0.25) is 0 Å². The number of nitrogens with zero attached hydrogens (tertiary/aromatic N) is 5. The van der Waals surface area contributed by atoms with Crippen LogP contribution >= 0.6 is 0 Å². The molecule has 9 nitrogen and oxygen atoms in total. The summed E-state index contributed by atoms with van der Waals surface area (Å²) in [7, 11) is 0. The standard InChI is InChI=1S/C25H23F6N5O4/c1-15(24(39,11-34-14-32-13-33-34)19-7-2-16(26)10-20(19)27)35-8-9-36(22(38)21(35)37)17-3-5-18(6-4-17)40-12-25(30,31)23(28)29/h2-7,10,13-15,23,39H,8-9,11-12H2,1H3/t15-,24-/m1/s1. The van der Waals surface area contributed by atoms with Crippen LogP contribution in [0.15, 0.2) is 55.1 Å². The van der Waals surface area contributed by atoms with Crippen molar-refractivity contribution in [1.29, 1.82) is 0 Å². The van der Waals surface area contributed by atoms with E-state index in [0.717, 1.165) is 21.9 Å². The molecule has 15 heteroatoms. The van der Waals surface area contributed by atoms with Crippen molar-refractivity contribution in [3.8, 4) is 5.75 Å². The molecule has 1 aromatic heterocycles. The molecule has 1 aliphatic heterocycles. The van der Waals surface area contributed by atoms with E-state index in [-0.39, 0.29) is 36.6 Å². The average Bonchev–Trinajstić information content (AvgIpc) is 3.41. The molecule has 2 atom stereocenters. The molecule has 1 fully saturated rings. The van der Waals surface area contributed by atoms with Crippen LogP contribution in [0.4, 0.5) is 32.0 Å². The first-order chi connectivity index (χ1) is 18.8. The van der Waals surface area contributed by atoms with Crippen LogP contribution in [0.5, 0.6) is 5.75 Å². The van der Waals surface area contributed by atoms with Gasteiger partial charge in [0, 0.05) is 30.4 Å². The summed E-state index contributed by atoms with van der Waals surface area (Å²) in [5.41, 5.74) is -2.29. The molecule has 1 saturated heterocycles. The summed E-state index contributed by atoms with van der Waals surface area (Å²) in [4.78, 5) is 32.1. The molecule has 40 heavy (non-hydrogen) atoms. The zero-order valence-electron chi connectivity index (χ0n) is 20.9. The highest BCUT2D eigenvalue weighted by molar-refractivity contribution is 6.41. The number of halogens is 6. The van der Waals surface area contributed by atoms with Gasteiger partial charge < -0.3 is 19.6 Å². The topological polar surface area (TPSA) is 101 Å². The lowest BCUT2D eigenvalue weighted by Crippen LogP contribution is -2.62. The Morgan fingerprint density at radius 3 is 2.35 bits per heavy atom. The number of carbonyl (C=O) groups is 2. The Morgan fingerprint density at radius 1 is 1.05 bits per heavy atom. The molecule has 0 saturated carbocycles. The summed E-state index contributed by atoms with van der Waals surface area (Å²) >= 11 is 0. The maximum absolute atomic E-state index is 14.8. The number of carbonyl (C=O) groups excluding carboxylic acids is 2. The van der Waals surface area contributed by atoms with E-state index in [1.165, 1.54) is 48.5 Å². The fourth-order valence-corrected chi connectivity index (χ4v) is 4.33. The largest absolute Gasteiger partial charge is 0.487 e. The minimum Gasteiger partial charge on any atom is -0.487 e. The van der Waals surface area contributed by atoms with E-state index < -0.39 is 54.0 Å². The molecule has 1 N–H and O–H groups in total. The molecule has 0 spiro atoms. The molecule has 3 aromatic rings. The number of aliphatic hydroxyl groups is 1. The monoisotopic (exact) mass is 571 g/mol. The fourth-order valence-electron chi connectivity index (χ4n) is 4.33. The van der Waals surface area contributed by atoms with Gasteiger partial charge in [-0.05, 0) is 37.3 Å². The van der Waals surface area contributed by atoms with Crippen molar-refractivity contribution in [2.75, 3.05) is 24.6 Å². The molecule has 0 bridgehead atoms. The average molecular weight is 571 g/mol. The minimum atomic E-state index is -4.35. The fraction of sp³-hybridized carbons (Fsp3) is 0.360. The quantitative estimate of drug-likeness (QED) is 0.297. The number of aromatic nitrogens is 3. The van der Waals surface area contributed by atoms with Crippen molar-refractivity contribution in [3.63, 3.8) is 0 Å². The first-order valence-electron chi connectivity index (χ1n) is 11.8. The van der Waals surface area contributed by atoms with Gasteiger partial charge in [-0.15, -0.1) is 0 Å². The summed E-state index contributed by atoms with van der Waals surface area (Å²) in [6.07, 6.45) is -1.46. The molecule has 1 aliphatic rings. The molecule has 0 radical (unpaired) electrons. The van der Waals surface area contributed by atoms with Crippen LogP contribution in [-0.2, 0) is 21.7 Å². The Balaban J connectivity index is 1.53. The number of anilines is 1. The maximum Gasteiger partial charge on any atom is 0.340 e. The number of amides is 2. The third-order valence-electron chi connectivity index (χ3n) is 6.58. The second-order valence-electron chi connectivity index (χ2n) is 9.12. The first kappa shape index (κ1) is 28.9. The van der Waals surface area contributed by atoms with E-state index in [2.05, 4.69) is 10.1 Å². The summed E-state index contributed by atoms with van der Waals surface area (Å²) < 4.78 is 85.2. The number of ether oxygens (including phenoxy) is 1. The molecule has 2 amide bonds. The molecular formula is C25H23F6N5O4. The molecule has 0 aliphatic carbocycles. The van der Waals surface area contributed by atoms with Crippen LogP contribution < -0.4 is 9.64 Å². The second kappa shape index (κ2) is 11.2. The highest BCUT2D eigenvalue weighted by Crippen LogP contribution is 2.34. The van der Waals surface area contributed by atoms with Crippen molar-refractivity contribution in [1.82, 2.24) is 19.7 Å². The molecular weight excluding hydrogens is 548 g/mol. The number of piperazine rings is 1. The van der Waals surface area contributed by atoms with Crippen molar-refractivity contribution in [2.24, 2.45) is 0 Å². The third kappa shape index (κ3) is 5.73. The predicted molar refractivity (Wildman–Crippen MR) is 127 cm³/mol. The van der Waals surface area contributed by atoms with Gasteiger partial charge in [0.05, 0.1) is 12.6 Å². The zero-order valence-corrected chi connectivity index (χ0v) is 20.9. The molecule has 2 aromatic carbocycles. The first-order valence-corrected chi connectivity index (χ1v) is 11.8. The Labute approximate surface area is 223 Å². The number of alkyl halides is 4. The third-order valence-corrected chi connectivity index (χ3v) is 6.58. The van der Waals surface area contributed by atoms with Crippen LogP contribution in [0.3, 0.4) is 0 Å². The molecule has 0 unspecified atom stereocenters. The van der Waals surface area contributed by atoms with Gasteiger partial charge in [-0.3, -0.25) is 9.59 Å². The molecule has 214 valence electrons. The van der Waals surface area contributed by atoms with Crippen LogP contribution in [0.2, 0.25) is 0 Å². The summed E-state index contributed by atoms with van der Waals surface area (Å²) in [5.74, 6) is -8.49. The van der Waals surface area contributed by atoms with E-state index in [1.807, 2.05) is 0 Å². The van der Waals surface area contributed by atoms with E-state index >= 15 is 0 Å². The zero-order chi connectivity index (χ0) is 29.2. The van der Waals surface area contributed by atoms with Crippen molar-refractivity contribution >= 4 is 17.5 Å². The minimum absolute atomic E-state index is 0.0656.